The van der Waals surface area contributed by atoms with Gasteiger partial charge in [-0.3, -0.25) is 0 Å². The van der Waals surface area contributed by atoms with E-state index in [4.69, 9.17) is 5.73 Å². The van der Waals surface area contributed by atoms with Crippen molar-refractivity contribution in [2.45, 2.75) is 38.9 Å². The molecule has 0 fully saturated rings. The molecule has 0 heterocycles. The lowest BCUT2D eigenvalue weighted by Gasteiger charge is -2.30. The number of rotatable bonds is 4. The fraction of sp³-hybridized carbons (Fsp3) is 0.889. The summed E-state index contributed by atoms with van der Waals surface area (Å²) >= 11 is 0. The smallest absolute Gasteiger partial charge is 0.417 e. The van der Waals surface area contributed by atoms with Crippen LogP contribution in [0.5, 0.6) is 0 Å². The molecular formula is C9H16F3NO2. The van der Waals surface area contributed by atoms with E-state index in [9.17, 15) is 18.0 Å². The van der Waals surface area contributed by atoms with Gasteiger partial charge in [0.1, 0.15) is 0 Å². The SMILES string of the molecule is CCOC(=O)C(N)(CC(C)C)C(F)(F)F. The first kappa shape index (κ1) is 14.2. The minimum absolute atomic E-state index is 0.119. The Morgan fingerprint density at radius 1 is 1.40 bits per heavy atom. The summed E-state index contributed by atoms with van der Waals surface area (Å²) in [5, 5.41) is 0. The van der Waals surface area contributed by atoms with Crippen LogP contribution in [0.1, 0.15) is 27.2 Å². The lowest BCUT2D eigenvalue weighted by Crippen LogP contribution is -2.60. The van der Waals surface area contributed by atoms with Gasteiger partial charge in [-0.2, -0.15) is 13.2 Å². The standard InChI is InChI=1S/C9H16F3NO2/c1-4-15-7(14)8(13,5-6(2)3)9(10,11)12/h6H,4-5,13H2,1-3H3. The van der Waals surface area contributed by atoms with Crippen molar-refractivity contribution < 1.29 is 22.7 Å². The Morgan fingerprint density at radius 3 is 2.13 bits per heavy atom. The molecule has 0 bridgehead atoms. The van der Waals surface area contributed by atoms with Crippen LogP contribution in [-0.4, -0.2) is 24.3 Å². The predicted molar refractivity (Wildman–Crippen MR) is 49.1 cm³/mol. The second kappa shape index (κ2) is 4.83. The van der Waals surface area contributed by atoms with Gasteiger partial charge in [0.25, 0.3) is 0 Å². The number of nitrogens with two attached hydrogens (primary N) is 1. The molecule has 15 heavy (non-hydrogen) atoms. The second-order valence-electron chi connectivity index (χ2n) is 3.79. The van der Waals surface area contributed by atoms with Crippen LogP contribution >= 0.6 is 0 Å². The Hall–Kier alpha value is -0.780. The number of carbonyl (C=O) groups is 1. The van der Waals surface area contributed by atoms with Crippen LogP contribution < -0.4 is 5.73 Å². The van der Waals surface area contributed by atoms with Crippen molar-refractivity contribution >= 4 is 5.97 Å². The van der Waals surface area contributed by atoms with Gasteiger partial charge >= 0.3 is 12.1 Å². The molecule has 0 radical (unpaired) electrons. The van der Waals surface area contributed by atoms with Crippen LogP contribution in [0.15, 0.2) is 0 Å². The zero-order valence-electron chi connectivity index (χ0n) is 9.02. The van der Waals surface area contributed by atoms with E-state index < -0.39 is 24.1 Å². The average Bonchev–Trinajstić information content (AvgIpc) is 2.01. The molecule has 0 aromatic heterocycles. The molecule has 1 unspecified atom stereocenters. The molecule has 90 valence electrons. The fourth-order valence-corrected chi connectivity index (χ4v) is 1.22. The maximum atomic E-state index is 12.6. The third-order valence-corrected chi connectivity index (χ3v) is 1.88. The van der Waals surface area contributed by atoms with E-state index in [0.29, 0.717) is 0 Å². The van der Waals surface area contributed by atoms with Gasteiger partial charge in [0.05, 0.1) is 6.61 Å². The van der Waals surface area contributed by atoms with Crippen molar-refractivity contribution in [1.29, 1.82) is 0 Å². The number of hydrogen-bond acceptors (Lipinski definition) is 3. The molecule has 0 aliphatic rings. The van der Waals surface area contributed by atoms with Gasteiger partial charge in [-0.05, 0) is 19.3 Å². The topological polar surface area (TPSA) is 52.3 Å². The number of hydrogen-bond donors (Lipinski definition) is 1. The van der Waals surface area contributed by atoms with E-state index in [1.165, 1.54) is 6.92 Å². The van der Waals surface area contributed by atoms with Crippen molar-refractivity contribution in [3.05, 3.63) is 0 Å². The molecule has 2 N–H and O–H groups in total. The van der Waals surface area contributed by atoms with Gasteiger partial charge in [-0.1, -0.05) is 13.8 Å². The van der Waals surface area contributed by atoms with Gasteiger partial charge in [-0.25, -0.2) is 4.79 Å². The Bertz CT molecular complexity index is 228. The number of esters is 1. The molecule has 0 rings (SSSR count). The molecule has 0 aliphatic carbocycles. The molecule has 0 saturated heterocycles. The van der Waals surface area contributed by atoms with Crippen LogP contribution in [0.25, 0.3) is 0 Å². The quantitative estimate of drug-likeness (QED) is 0.746. The van der Waals surface area contributed by atoms with Crippen molar-refractivity contribution in [1.82, 2.24) is 0 Å². The van der Waals surface area contributed by atoms with Crippen LogP contribution in [0.3, 0.4) is 0 Å². The summed E-state index contributed by atoms with van der Waals surface area (Å²) in [6.07, 6.45) is -5.27. The Kier molecular flexibility index (Phi) is 4.58. The van der Waals surface area contributed by atoms with Gasteiger partial charge in [-0.15, -0.1) is 0 Å². The number of ether oxygens (including phenoxy) is 1. The van der Waals surface area contributed by atoms with E-state index in [1.54, 1.807) is 13.8 Å². The van der Waals surface area contributed by atoms with Crippen LogP contribution in [0, 0.1) is 5.92 Å². The normalized spacial score (nSPS) is 16.3. The highest BCUT2D eigenvalue weighted by atomic mass is 19.4. The predicted octanol–water partition coefficient (Wildman–Crippen LogP) is 1.86. The molecule has 0 aromatic carbocycles. The highest BCUT2D eigenvalue weighted by molar-refractivity contribution is 5.81. The number of alkyl halides is 3. The zero-order valence-corrected chi connectivity index (χ0v) is 9.02. The lowest BCUT2D eigenvalue weighted by molar-refractivity contribution is -0.208. The van der Waals surface area contributed by atoms with Gasteiger partial charge in [0.2, 0.25) is 5.54 Å². The first-order valence-corrected chi connectivity index (χ1v) is 4.68. The molecule has 0 spiro atoms. The first-order valence-electron chi connectivity index (χ1n) is 4.68. The molecular weight excluding hydrogens is 211 g/mol. The Morgan fingerprint density at radius 2 is 1.87 bits per heavy atom. The van der Waals surface area contributed by atoms with Crippen molar-refractivity contribution in [2.24, 2.45) is 11.7 Å². The molecule has 0 aromatic rings. The maximum absolute atomic E-state index is 12.6. The van der Waals surface area contributed by atoms with E-state index >= 15 is 0 Å². The fourth-order valence-electron chi connectivity index (χ4n) is 1.22. The van der Waals surface area contributed by atoms with Crippen LogP contribution in [0.4, 0.5) is 13.2 Å². The molecule has 1 atom stereocenters. The molecule has 6 heteroatoms. The third-order valence-electron chi connectivity index (χ3n) is 1.88. The van der Waals surface area contributed by atoms with Crippen LogP contribution in [0.2, 0.25) is 0 Å². The number of halogens is 3. The molecule has 0 amide bonds. The second-order valence-corrected chi connectivity index (χ2v) is 3.79. The zero-order chi connectivity index (χ0) is 12.3. The third kappa shape index (κ3) is 3.37. The van der Waals surface area contributed by atoms with Crippen LogP contribution in [-0.2, 0) is 9.53 Å². The maximum Gasteiger partial charge on any atom is 0.417 e. The van der Waals surface area contributed by atoms with Gasteiger partial charge < -0.3 is 10.5 Å². The van der Waals surface area contributed by atoms with Crippen molar-refractivity contribution in [2.75, 3.05) is 6.61 Å². The summed E-state index contributed by atoms with van der Waals surface area (Å²) in [7, 11) is 0. The summed E-state index contributed by atoms with van der Waals surface area (Å²) < 4.78 is 42.2. The Balaban J connectivity index is 4.94. The summed E-state index contributed by atoms with van der Waals surface area (Å²) in [5.74, 6) is -1.76. The summed E-state index contributed by atoms with van der Waals surface area (Å²) in [6, 6.07) is 0. The summed E-state index contributed by atoms with van der Waals surface area (Å²) in [6.45, 7) is 4.44. The van der Waals surface area contributed by atoms with E-state index in [2.05, 4.69) is 4.74 Å². The van der Waals surface area contributed by atoms with Gasteiger partial charge in [0.15, 0.2) is 0 Å². The Labute approximate surface area is 86.8 Å². The summed E-state index contributed by atoms with van der Waals surface area (Å²) in [4.78, 5) is 11.2. The number of carbonyl (C=O) groups excluding carboxylic acids is 1. The monoisotopic (exact) mass is 227 g/mol. The lowest BCUT2D eigenvalue weighted by atomic mass is 9.89. The largest absolute Gasteiger partial charge is 0.464 e. The summed E-state index contributed by atoms with van der Waals surface area (Å²) in [5.41, 5.74) is 2.21. The molecule has 3 nitrogen and oxygen atoms in total. The van der Waals surface area contributed by atoms with Gasteiger partial charge in [0, 0.05) is 0 Å². The van der Waals surface area contributed by atoms with E-state index in [0.717, 1.165) is 0 Å². The van der Waals surface area contributed by atoms with E-state index in [1.807, 2.05) is 0 Å². The highest BCUT2D eigenvalue weighted by Crippen LogP contribution is 2.34. The first-order chi connectivity index (χ1) is 6.65. The van der Waals surface area contributed by atoms with Crippen molar-refractivity contribution in [3.8, 4) is 0 Å². The minimum atomic E-state index is -4.79. The molecule has 0 saturated carbocycles. The van der Waals surface area contributed by atoms with Crippen molar-refractivity contribution in [3.63, 3.8) is 0 Å². The minimum Gasteiger partial charge on any atom is -0.464 e. The highest BCUT2D eigenvalue weighted by Gasteiger charge is 2.58. The van der Waals surface area contributed by atoms with E-state index in [-0.39, 0.29) is 12.5 Å². The average molecular weight is 227 g/mol. The molecule has 0 aliphatic heterocycles.